The summed E-state index contributed by atoms with van der Waals surface area (Å²) in [6.07, 6.45) is 2.77. The highest BCUT2D eigenvalue weighted by atomic mass is 32.2. The summed E-state index contributed by atoms with van der Waals surface area (Å²) in [5, 5.41) is 0. The van der Waals surface area contributed by atoms with Gasteiger partial charge in [-0.2, -0.15) is 0 Å². The van der Waals surface area contributed by atoms with Crippen LogP contribution in [0, 0.1) is 0 Å². The van der Waals surface area contributed by atoms with Gasteiger partial charge in [0.05, 0.1) is 12.7 Å². The fourth-order valence-electron chi connectivity index (χ4n) is 0.932. The molecule has 0 heterocycles. The maximum Gasteiger partial charge on any atom is 0.153 e. The van der Waals surface area contributed by atoms with Crippen LogP contribution in [0.2, 0.25) is 0 Å². The number of rotatable bonds is 3. The van der Waals surface area contributed by atoms with Crippen molar-refractivity contribution >= 4 is 18.0 Å². The standard InChI is InChI=1S/C9H10O2S/c1-11-9-4-3-8(12-2)5-7(9)6-10/h3-6H,1-2H3. The minimum absolute atomic E-state index is 0.601. The van der Waals surface area contributed by atoms with E-state index >= 15 is 0 Å². The molecule has 1 aromatic rings. The molecule has 3 heteroatoms. The molecule has 0 N–H and O–H groups in total. The van der Waals surface area contributed by atoms with Gasteiger partial charge in [-0.15, -0.1) is 11.8 Å². The van der Waals surface area contributed by atoms with Crippen molar-refractivity contribution in [1.29, 1.82) is 0 Å². The molecule has 0 unspecified atom stereocenters. The Morgan fingerprint density at radius 2 is 2.25 bits per heavy atom. The summed E-state index contributed by atoms with van der Waals surface area (Å²) in [6, 6.07) is 5.54. The molecule has 0 bridgehead atoms. The van der Waals surface area contributed by atoms with E-state index in [-0.39, 0.29) is 0 Å². The maximum absolute atomic E-state index is 10.6. The predicted octanol–water partition coefficient (Wildman–Crippen LogP) is 2.23. The van der Waals surface area contributed by atoms with Crippen LogP contribution < -0.4 is 4.74 Å². The average Bonchev–Trinajstić information content (AvgIpc) is 2.16. The van der Waals surface area contributed by atoms with Crippen molar-refractivity contribution in [2.45, 2.75) is 4.90 Å². The van der Waals surface area contributed by atoms with E-state index in [2.05, 4.69) is 0 Å². The zero-order valence-corrected chi connectivity index (χ0v) is 7.85. The minimum Gasteiger partial charge on any atom is -0.496 e. The molecule has 1 rings (SSSR count). The predicted molar refractivity (Wildman–Crippen MR) is 50.2 cm³/mol. The van der Waals surface area contributed by atoms with Gasteiger partial charge in [-0.1, -0.05) is 0 Å². The van der Waals surface area contributed by atoms with Crippen molar-refractivity contribution in [3.05, 3.63) is 23.8 Å². The molecule has 0 amide bonds. The van der Waals surface area contributed by atoms with Gasteiger partial charge in [-0.3, -0.25) is 4.79 Å². The molecule has 0 fully saturated rings. The molecular weight excluding hydrogens is 172 g/mol. The second-order valence-electron chi connectivity index (χ2n) is 2.23. The molecule has 1 aromatic carbocycles. The smallest absolute Gasteiger partial charge is 0.153 e. The first-order valence-corrected chi connectivity index (χ1v) is 4.71. The SMILES string of the molecule is COc1ccc(SC)cc1C=O. The summed E-state index contributed by atoms with van der Waals surface area (Å²) in [5.74, 6) is 0.628. The van der Waals surface area contributed by atoms with Crippen LogP contribution in [0.15, 0.2) is 23.1 Å². The van der Waals surface area contributed by atoms with E-state index in [1.165, 1.54) is 0 Å². The molecule has 0 saturated heterocycles. The second kappa shape index (κ2) is 4.16. The monoisotopic (exact) mass is 182 g/mol. The fourth-order valence-corrected chi connectivity index (χ4v) is 1.38. The second-order valence-corrected chi connectivity index (χ2v) is 3.11. The summed E-state index contributed by atoms with van der Waals surface area (Å²) in [7, 11) is 1.56. The highest BCUT2D eigenvalue weighted by Crippen LogP contribution is 2.22. The van der Waals surface area contributed by atoms with Gasteiger partial charge in [-0.05, 0) is 24.5 Å². The van der Waals surface area contributed by atoms with E-state index in [1.807, 2.05) is 18.4 Å². The summed E-state index contributed by atoms with van der Waals surface area (Å²) in [4.78, 5) is 11.6. The Balaban J connectivity index is 3.10. The Morgan fingerprint density at radius 3 is 2.75 bits per heavy atom. The highest BCUT2D eigenvalue weighted by Gasteiger charge is 2.01. The summed E-state index contributed by atoms with van der Waals surface area (Å²) in [6.45, 7) is 0. The van der Waals surface area contributed by atoms with Crippen LogP contribution in [-0.2, 0) is 0 Å². The first-order chi connectivity index (χ1) is 5.81. The van der Waals surface area contributed by atoms with Gasteiger partial charge < -0.3 is 4.74 Å². The lowest BCUT2D eigenvalue weighted by Crippen LogP contribution is -1.89. The lowest BCUT2D eigenvalue weighted by atomic mass is 10.2. The molecule has 0 aromatic heterocycles. The number of ether oxygens (including phenoxy) is 1. The number of carbonyl (C=O) groups excluding carboxylic acids is 1. The molecule has 0 aliphatic rings. The molecule has 64 valence electrons. The normalized spacial score (nSPS) is 9.50. The topological polar surface area (TPSA) is 26.3 Å². The van der Waals surface area contributed by atoms with E-state index in [4.69, 9.17) is 4.74 Å². The Morgan fingerprint density at radius 1 is 1.50 bits per heavy atom. The number of hydrogen-bond donors (Lipinski definition) is 0. The number of carbonyl (C=O) groups is 1. The summed E-state index contributed by atoms with van der Waals surface area (Å²) >= 11 is 1.60. The van der Waals surface area contributed by atoms with Crippen LogP contribution in [0.3, 0.4) is 0 Å². The van der Waals surface area contributed by atoms with Crippen molar-refractivity contribution in [2.24, 2.45) is 0 Å². The van der Waals surface area contributed by atoms with Gasteiger partial charge in [0.1, 0.15) is 5.75 Å². The van der Waals surface area contributed by atoms with Crippen molar-refractivity contribution in [1.82, 2.24) is 0 Å². The molecule has 2 nitrogen and oxygen atoms in total. The van der Waals surface area contributed by atoms with Crippen molar-refractivity contribution in [2.75, 3.05) is 13.4 Å². The van der Waals surface area contributed by atoms with Crippen LogP contribution in [0.1, 0.15) is 10.4 Å². The van der Waals surface area contributed by atoms with Gasteiger partial charge in [0.25, 0.3) is 0 Å². The fraction of sp³-hybridized carbons (Fsp3) is 0.222. The minimum atomic E-state index is 0.601. The number of methoxy groups -OCH3 is 1. The van der Waals surface area contributed by atoms with Crippen molar-refractivity contribution < 1.29 is 9.53 Å². The third-order valence-electron chi connectivity index (χ3n) is 1.56. The van der Waals surface area contributed by atoms with E-state index in [0.717, 1.165) is 11.2 Å². The molecular formula is C9H10O2S. The summed E-state index contributed by atoms with van der Waals surface area (Å²) < 4.78 is 5.00. The quantitative estimate of drug-likeness (QED) is 0.529. The van der Waals surface area contributed by atoms with E-state index in [9.17, 15) is 4.79 Å². The third kappa shape index (κ3) is 1.80. The van der Waals surface area contributed by atoms with Crippen LogP contribution in [0.25, 0.3) is 0 Å². The molecule has 0 spiro atoms. The van der Waals surface area contributed by atoms with Gasteiger partial charge >= 0.3 is 0 Å². The largest absolute Gasteiger partial charge is 0.496 e. The molecule has 0 aliphatic carbocycles. The van der Waals surface area contributed by atoms with Crippen LogP contribution in [-0.4, -0.2) is 19.7 Å². The third-order valence-corrected chi connectivity index (χ3v) is 2.29. The van der Waals surface area contributed by atoms with Crippen LogP contribution in [0.4, 0.5) is 0 Å². The van der Waals surface area contributed by atoms with Gasteiger partial charge in [-0.25, -0.2) is 0 Å². The molecule has 0 saturated carbocycles. The molecule has 12 heavy (non-hydrogen) atoms. The number of hydrogen-bond acceptors (Lipinski definition) is 3. The highest BCUT2D eigenvalue weighted by molar-refractivity contribution is 7.98. The lowest BCUT2D eigenvalue weighted by molar-refractivity contribution is 0.112. The van der Waals surface area contributed by atoms with E-state index in [0.29, 0.717) is 11.3 Å². The van der Waals surface area contributed by atoms with E-state index < -0.39 is 0 Å². The Labute approximate surface area is 75.9 Å². The Kier molecular flexibility index (Phi) is 3.17. The lowest BCUT2D eigenvalue weighted by Gasteiger charge is -2.03. The average molecular weight is 182 g/mol. The van der Waals surface area contributed by atoms with Gasteiger partial charge in [0.15, 0.2) is 6.29 Å². The van der Waals surface area contributed by atoms with E-state index in [1.54, 1.807) is 24.9 Å². The van der Waals surface area contributed by atoms with Gasteiger partial charge in [0, 0.05) is 4.90 Å². The van der Waals surface area contributed by atoms with Crippen molar-refractivity contribution in [3.63, 3.8) is 0 Å². The first-order valence-electron chi connectivity index (χ1n) is 3.49. The molecule has 0 radical (unpaired) electrons. The maximum atomic E-state index is 10.6. The number of aldehydes is 1. The first kappa shape index (κ1) is 9.13. The molecule has 0 aliphatic heterocycles. The van der Waals surface area contributed by atoms with Gasteiger partial charge in [0.2, 0.25) is 0 Å². The van der Waals surface area contributed by atoms with Crippen LogP contribution >= 0.6 is 11.8 Å². The summed E-state index contributed by atoms with van der Waals surface area (Å²) in [5.41, 5.74) is 0.601. The Hall–Kier alpha value is -0.960. The zero-order chi connectivity index (χ0) is 8.97. The molecule has 0 atom stereocenters. The number of thioether (sulfide) groups is 1. The Bertz CT molecular complexity index is 284. The van der Waals surface area contributed by atoms with Crippen LogP contribution in [0.5, 0.6) is 5.75 Å². The van der Waals surface area contributed by atoms with Crippen molar-refractivity contribution in [3.8, 4) is 5.75 Å². The zero-order valence-electron chi connectivity index (χ0n) is 7.03. The number of benzene rings is 1.